The summed E-state index contributed by atoms with van der Waals surface area (Å²) < 4.78 is 30.2. The molecule has 0 radical (unpaired) electrons. The number of aryl methyl sites for hydroxylation is 1. The lowest BCUT2D eigenvalue weighted by molar-refractivity contribution is 0.112. The molecular formula is C35H29N3O5S2. The first-order valence-corrected chi connectivity index (χ1v) is 16.9. The highest BCUT2D eigenvalue weighted by atomic mass is 32.2. The number of ether oxygens (including phenoxy) is 1. The number of aldehydes is 1. The number of amides is 1. The Morgan fingerprint density at radius 1 is 0.956 bits per heavy atom. The molecule has 0 saturated carbocycles. The second-order valence-corrected chi connectivity index (χ2v) is 13.8. The maximum Gasteiger partial charge on any atom is 0.407 e. The monoisotopic (exact) mass is 635 g/mol. The molecule has 3 aromatic carbocycles. The van der Waals surface area contributed by atoms with E-state index in [0.29, 0.717) is 16.2 Å². The van der Waals surface area contributed by atoms with Crippen molar-refractivity contribution in [2.75, 3.05) is 12.9 Å². The number of sulfone groups is 1. The van der Waals surface area contributed by atoms with E-state index in [4.69, 9.17) is 4.74 Å². The Hall–Kier alpha value is -4.80. The van der Waals surface area contributed by atoms with Gasteiger partial charge in [0.1, 0.15) is 11.6 Å². The van der Waals surface area contributed by atoms with Crippen LogP contribution in [0.3, 0.4) is 0 Å². The fraction of sp³-hybridized carbons (Fsp3) is 0.143. The van der Waals surface area contributed by atoms with E-state index in [2.05, 4.69) is 39.6 Å². The van der Waals surface area contributed by atoms with Gasteiger partial charge in [-0.25, -0.2) is 18.2 Å². The number of nitrogens with zero attached hydrogens (tertiary/aromatic N) is 2. The van der Waals surface area contributed by atoms with E-state index >= 15 is 0 Å². The Morgan fingerprint density at radius 2 is 1.67 bits per heavy atom. The van der Waals surface area contributed by atoms with Gasteiger partial charge in [0.25, 0.3) is 0 Å². The average molecular weight is 636 g/mol. The number of aromatic nitrogens is 2. The summed E-state index contributed by atoms with van der Waals surface area (Å²) in [6, 6.07) is 25.1. The van der Waals surface area contributed by atoms with Gasteiger partial charge in [0.2, 0.25) is 0 Å². The standard InChI is InChI=1S/C35H29N3O5S2/c1-22-14-24(25-16-27(19-36-17-25)45(2,41)42)15-26(33(22)44-34-23(20-39)8-7-13-37-34)18-38-35(40)43-21-32-30-11-5-3-9-28(30)29-10-4-6-12-31(29)32/h3-17,19-20,32H,18,21H2,1-2H3,(H,38,40). The molecule has 5 aromatic rings. The SMILES string of the molecule is Cc1cc(-c2cncc(S(C)(=O)=O)c2)cc(CNC(=O)OCC2c3ccccc3-c3ccccc32)c1Sc1ncccc1C=O. The Morgan fingerprint density at radius 3 is 2.36 bits per heavy atom. The Balaban J connectivity index is 1.27. The van der Waals surface area contributed by atoms with Crippen LogP contribution in [0.15, 0.2) is 112 Å². The predicted octanol–water partition coefficient (Wildman–Crippen LogP) is 6.86. The molecule has 0 spiro atoms. The number of alkyl carbamates (subject to hydrolysis) is 1. The first-order valence-electron chi connectivity index (χ1n) is 14.2. The van der Waals surface area contributed by atoms with Gasteiger partial charge >= 0.3 is 6.09 Å². The molecule has 2 aromatic heterocycles. The second kappa shape index (κ2) is 12.7. The first kappa shape index (κ1) is 30.2. The van der Waals surface area contributed by atoms with Crippen LogP contribution in [0.4, 0.5) is 4.79 Å². The fourth-order valence-corrected chi connectivity index (χ4v) is 7.18. The molecule has 1 N–H and O–H groups in total. The number of benzene rings is 3. The molecule has 0 unspecified atom stereocenters. The summed E-state index contributed by atoms with van der Waals surface area (Å²) in [4.78, 5) is 34.3. The number of hydrogen-bond acceptors (Lipinski definition) is 8. The number of carbonyl (C=O) groups excluding carboxylic acids is 2. The van der Waals surface area contributed by atoms with Gasteiger partial charge in [-0.15, -0.1) is 0 Å². The van der Waals surface area contributed by atoms with Gasteiger partial charge in [-0.3, -0.25) is 9.78 Å². The molecule has 8 nitrogen and oxygen atoms in total. The number of nitrogens with one attached hydrogen (secondary N) is 1. The molecule has 6 rings (SSSR count). The van der Waals surface area contributed by atoms with Crippen molar-refractivity contribution in [2.24, 2.45) is 0 Å². The molecule has 1 aliphatic carbocycles. The van der Waals surface area contributed by atoms with Gasteiger partial charge < -0.3 is 10.1 Å². The largest absolute Gasteiger partial charge is 0.449 e. The van der Waals surface area contributed by atoms with Crippen molar-refractivity contribution >= 4 is 34.0 Å². The van der Waals surface area contributed by atoms with Gasteiger partial charge in [-0.1, -0.05) is 66.4 Å². The summed E-state index contributed by atoms with van der Waals surface area (Å²) in [6.07, 6.45) is 5.87. The molecule has 10 heteroatoms. The average Bonchev–Trinajstić information content (AvgIpc) is 3.37. The van der Waals surface area contributed by atoms with E-state index in [-0.39, 0.29) is 24.0 Å². The summed E-state index contributed by atoms with van der Waals surface area (Å²) in [5, 5.41) is 3.43. The quantitative estimate of drug-likeness (QED) is 0.175. The zero-order chi connectivity index (χ0) is 31.6. The van der Waals surface area contributed by atoms with Crippen molar-refractivity contribution in [1.82, 2.24) is 15.3 Å². The third-order valence-electron chi connectivity index (χ3n) is 7.72. The molecule has 2 heterocycles. The normalized spacial score (nSPS) is 12.3. The van der Waals surface area contributed by atoms with Crippen LogP contribution in [-0.2, 0) is 21.1 Å². The maximum absolute atomic E-state index is 13.1. The highest BCUT2D eigenvalue weighted by Gasteiger charge is 2.29. The van der Waals surface area contributed by atoms with Crippen molar-refractivity contribution in [3.05, 3.63) is 125 Å². The number of fused-ring (bicyclic) bond motifs is 3. The summed E-state index contributed by atoms with van der Waals surface area (Å²) >= 11 is 1.33. The summed E-state index contributed by atoms with van der Waals surface area (Å²) in [5.74, 6) is -0.0691. The highest BCUT2D eigenvalue weighted by molar-refractivity contribution is 7.99. The predicted molar refractivity (Wildman–Crippen MR) is 173 cm³/mol. The van der Waals surface area contributed by atoms with Gasteiger partial charge in [-0.05, 0) is 70.1 Å². The minimum absolute atomic E-state index is 0.0691. The Labute approximate surface area is 265 Å². The Kier molecular flexibility index (Phi) is 8.51. The van der Waals surface area contributed by atoms with Crippen LogP contribution in [0.2, 0.25) is 0 Å². The van der Waals surface area contributed by atoms with E-state index < -0.39 is 15.9 Å². The van der Waals surface area contributed by atoms with Crippen LogP contribution >= 0.6 is 11.8 Å². The minimum atomic E-state index is -3.46. The summed E-state index contributed by atoms with van der Waals surface area (Å²) in [7, 11) is -3.46. The molecule has 1 amide bonds. The van der Waals surface area contributed by atoms with Crippen LogP contribution in [0.1, 0.15) is 38.5 Å². The highest BCUT2D eigenvalue weighted by Crippen LogP contribution is 2.44. The molecule has 45 heavy (non-hydrogen) atoms. The molecule has 0 fully saturated rings. The van der Waals surface area contributed by atoms with Crippen LogP contribution in [0.5, 0.6) is 0 Å². The van der Waals surface area contributed by atoms with E-state index in [1.165, 1.54) is 18.0 Å². The first-order chi connectivity index (χ1) is 21.7. The minimum Gasteiger partial charge on any atom is -0.449 e. The van der Waals surface area contributed by atoms with Crippen molar-refractivity contribution < 1.29 is 22.7 Å². The van der Waals surface area contributed by atoms with Gasteiger partial charge in [0, 0.05) is 53.3 Å². The Bertz CT molecular complexity index is 2000. The maximum atomic E-state index is 13.1. The van der Waals surface area contributed by atoms with Crippen LogP contribution in [0, 0.1) is 6.92 Å². The topological polar surface area (TPSA) is 115 Å². The lowest BCUT2D eigenvalue weighted by Crippen LogP contribution is -2.26. The van der Waals surface area contributed by atoms with Crippen LogP contribution in [0.25, 0.3) is 22.3 Å². The lowest BCUT2D eigenvalue weighted by atomic mass is 9.98. The molecule has 0 atom stereocenters. The number of rotatable bonds is 9. The summed E-state index contributed by atoms with van der Waals surface area (Å²) in [6.45, 7) is 2.22. The lowest BCUT2D eigenvalue weighted by Gasteiger charge is -2.17. The van der Waals surface area contributed by atoms with Crippen LogP contribution in [-0.4, -0.2) is 43.6 Å². The van der Waals surface area contributed by atoms with Crippen molar-refractivity contribution in [2.45, 2.75) is 34.2 Å². The van der Waals surface area contributed by atoms with Crippen molar-refractivity contribution in [3.8, 4) is 22.3 Å². The van der Waals surface area contributed by atoms with E-state index in [1.54, 1.807) is 30.6 Å². The molecule has 0 saturated heterocycles. The molecule has 226 valence electrons. The fourth-order valence-electron chi connectivity index (χ4n) is 5.56. The smallest absolute Gasteiger partial charge is 0.407 e. The number of pyridine rings is 2. The number of carbonyl (C=O) groups is 2. The van der Waals surface area contributed by atoms with Gasteiger partial charge in [-0.2, -0.15) is 0 Å². The van der Waals surface area contributed by atoms with Crippen LogP contribution < -0.4 is 5.32 Å². The molecule has 0 aliphatic heterocycles. The van der Waals surface area contributed by atoms with E-state index in [0.717, 1.165) is 56.4 Å². The van der Waals surface area contributed by atoms with Gasteiger partial charge in [0.15, 0.2) is 16.1 Å². The summed E-state index contributed by atoms with van der Waals surface area (Å²) in [5.41, 5.74) is 7.95. The number of hydrogen-bond donors (Lipinski definition) is 1. The van der Waals surface area contributed by atoms with Crippen molar-refractivity contribution in [3.63, 3.8) is 0 Å². The third-order valence-corrected chi connectivity index (χ3v) is 10.1. The second-order valence-electron chi connectivity index (χ2n) is 10.8. The third kappa shape index (κ3) is 6.38. The molecule has 1 aliphatic rings. The molecular weight excluding hydrogens is 607 g/mol. The van der Waals surface area contributed by atoms with E-state index in [9.17, 15) is 18.0 Å². The zero-order valence-electron chi connectivity index (χ0n) is 24.6. The van der Waals surface area contributed by atoms with Gasteiger partial charge in [0.05, 0.1) is 4.90 Å². The molecule has 0 bridgehead atoms. The van der Waals surface area contributed by atoms with E-state index in [1.807, 2.05) is 43.3 Å². The zero-order valence-corrected chi connectivity index (χ0v) is 26.2. The van der Waals surface area contributed by atoms with Crippen molar-refractivity contribution in [1.29, 1.82) is 0 Å².